The Kier molecular flexibility index (Phi) is 8.16. The summed E-state index contributed by atoms with van der Waals surface area (Å²) in [7, 11) is 3.30. The highest BCUT2D eigenvalue weighted by atomic mass is 16.5. The molecule has 2 aromatic carbocycles. The van der Waals surface area contributed by atoms with Crippen molar-refractivity contribution >= 4 is 0 Å². The lowest BCUT2D eigenvalue weighted by atomic mass is 10.1. The van der Waals surface area contributed by atoms with Crippen molar-refractivity contribution in [2.75, 3.05) is 40.5 Å². The molecule has 1 aliphatic rings. The topological polar surface area (TPSA) is 60.4 Å². The van der Waals surface area contributed by atoms with E-state index in [2.05, 4.69) is 11.0 Å². The summed E-state index contributed by atoms with van der Waals surface area (Å²) in [5.74, 6) is 2.32. The Bertz CT molecular complexity index is 730. The fourth-order valence-corrected chi connectivity index (χ4v) is 3.52. The Hall–Kier alpha value is -2.28. The van der Waals surface area contributed by atoms with E-state index >= 15 is 0 Å². The standard InChI is InChI=1S/C23H31NO5/c1-26-20-8-10-21(11-9-20)29-17-19(25)15-24(16-23-7-4-12-28-23)14-18-5-3-6-22(13-18)27-2/h3,5-6,8-11,13,19,23,25H,4,7,12,14-17H2,1-2H3/t19-,23-/m1/s1. The van der Waals surface area contributed by atoms with Gasteiger partial charge in [-0.15, -0.1) is 0 Å². The molecule has 3 rings (SSSR count). The van der Waals surface area contributed by atoms with E-state index in [-0.39, 0.29) is 12.7 Å². The summed E-state index contributed by atoms with van der Waals surface area (Å²) in [6, 6.07) is 15.4. The smallest absolute Gasteiger partial charge is 0.119 e. The number of aliphatic hydroxyl groups excluding tert-OH is 1. The predicted octanol–water partition coefficient (Wildman–Crippen LogP) is 3.12. The van der Waals surface area contributed by atoms with Gasteiger partial charge in [0.15, 0.2) is 0 Å². The highest BCUT2D eigenvalue weighted by Gasteiger charge is 2.21. The molecule has 29 heavy (non-hydrogen) atoms. The summed E-state index contributed by atoms with van der Waals surface area (Å²) in [5.41, 5.74) is 1.14. The number of rotatable bonds is 11. The monoisotopic (exact) mass is 401 g/mol. The van der Waals surface area contributed by atoms with Crippen LogP contribution >= 0.6 is 0 Å². The van der Waals surface area contributed by atoms with Crippen LogP contribution in [-0.2, 0) is 11.3 Å². The van der Waals surface area contributed by atoms with Crippen LogP contribution in [0.15, 0.2) is 48.5 Å². The van der Waals surface area contributed by atoms with E-state index in [1.807, 2.05) is 42.5 Å². The van der Waals surface area contributed by atoms with Gasteiger partial charge < -0.3 is 24.1 Å². The van der Waals surface area contributed by atoms with Crippen molar-refractivity contribution in [3.63, 3.8) is 0 Å². The van der Waals surface area contributed by atoms with Crippen LogP contribution < -0.4 is 14.2 Å². The summed E-state index contributed by atoms with van der Waals surface area (Å²) >= 11 is 0. The summed E-state index contributed by atoms with van der Waals surface area (Å²) in [6.45, 7) is 3.06. The van der Waals surface area contributed by atoms with Gasteiger partial charge in [0.25, 0.3) is 0 Å². The van der Waals surface area contributed by atoms with Crippen LogP contribution in [0.4, 0.5) is 0 Å². The lowest BCUT2D eigenvalue weighted by molar-refractivity contribution is 0.0313. The molecule has 0 aliphatic carbocycles. The average Bonchev–Trinajstić information content (AvgIpc) is 3.25. The molecule has 0 unspecified atom stereocenters. The first-order valence-electron chi connectivity index (χ1n) is 10.1. The van der Waals surface area contributed by atoms with Gasteiger partial charge in [-0.05, 0) is 54.8 Å². The molecule has 6 nitrogen and oxygen atoms in total. The molecule has 2 aromatic rings. The number of aliphatic hydroxyl groups is 1. The second-order valence-electron chi connectivity index (χ2n) is 7.32. The Morgan fingerprint density at radius 3 is 2.52 bits per heavy atom. The maximum atomic E-state index is 10.6. The van der Waals surface area contributed by atoms with Crippen molar-refractivity contribution in [1.29, 1.82) is 0 Å². The number of nitrogens with zero attached hydrogens (tertiary/aromatic N) is 1. The zero-order chi connectivity index (χ0) is 20.5. The predicted molar refractivity (Wildman–Crippen MR) is 112 cm³/mol. The first-order chi connectivity index (χ1) is 14.2. The molecule has 158 valence electrons. The second-order valence-corrected chi connectivity index (χ2v) is 7.32. The molecule has 0 saturated carbocycles. The fraction of sp³-hybridized carbons (Fsp3) is 0.478. The minimum atomic E-state index is -0.607. The van der Waals surface area contributed by atoms with E-state index in [1.54, 1.807) is 14.2 Å². The van der Waals surface area contributed by atoms with Crippen molar-refractivity contribution < 1.29 is 24.1 Å². The van der Waals surface area contributed by atoms with E-state index < -0.39 is 6.10 Å². The number of benzene rings is 2. The van der Waals surface area contributed by atoms with Crippen molar-refractivity contribution in [1.82, 2.24) is 4.90 Å². The number of hydrogen-bond donors (Lipinski definition) is 1. The fourth-order valence-electron chi connectivity index (χ4n) is 3.52. The van der Waals surface area contributed by atoms with Crippen molar-refractivity contribution in [2.24, 2.45) is 0 Å². The van der Waals surface area contributed by atoms with Gasteiger partial charge in [-0.3, -0.25) is 4.90 Å². The first kappa shape index (κ1) is 21.4. The Labute approximate surface area is 173 Å². The highest BCUT2D eigenvalue weighted by Crippen LogP contribution is 2.19. The van der Waals surface area contributed by atoms with E-state index in [0.29, 0.717) is 12.3 Å². The Morgan fingerprint density at radius 1 is 1.07 bits per heavy atom. The molecule has 0 aromatic heterocycles. The molecule has 6 heteroatoms. The maximum absolute atomic E-state index is 10.6. The maximum Gasteiger partial charge on any atom is 0.119 e. The van der Waals surface area contributed by atoms with Crippen LogP contribution in [0.2, 0.25) is 0 Å². The van der Waals surface area contributed by atoms with Crippen molar-refractivity contribution in [3.05, 3.63) is 54.1 Å². The molecule has 1 heterocycles. The molecule has 0 bridgehead atoms. The molecule has 1 N–H and O–H groups in total. The second kappa shape index (κ2) is 11.0. The van der Waals surface area contributed by atoms with Crippen molar-refractivity contribution in [3.8, 4) is 17.2 Å². The Morgan fingerprint density at radius 2 is 1.83 bits per heavy atom. The van der Waals surface area contributed by atoms with Gasteiger partial charge in [0.1, 0.15) is 30.0 Å². The van der Waals surface area contributed by atoms with Gasteiger partial charge in [-0.25, -0.2) is 0 Å². The van der Waals surface area contributed by atoms with E-state index in [0.717, 1.165) is 49.6 Å². The molecule has 1 saturated heterocycles. The van der Waals surface area contributed by atoms with Crippen LogP contribution in [0.5, 0.6) is 17.2 Å². The molecule has 0 amide bonds. The normalized spacial score (nSPS) is 17.3. The summed E-state index contributed by atoms with van der Waals surface area (Å²) in [4.78, 5) is 2.23. The molecule has 1 aliphatic heterocycles. The molecule has 1 fully saturated rings. The zero-order valence-corrected chi connectivity index (χ0v) is 17.3. The molecule has 0 spiro atoms. The van der Waals surface area contributed by atoms with Crippen LogP contribution in [0, 0.1) is 0 Å². The first-order valence-corrected chi connectivity index (χ1v) is 10.1. The van der Waals surface area contributed by atoms with Crippen LogP contribution in [-0.4, -0.2) is 62.7 Å². The lowest BCUT2D eigenvalue weighted by Gasteiger charge is -2.27. The largest absolute Gasteiger partial charge is 0.497 e. The quantitative estimate of drug-likeness (QED) is 0.624. The van der Waals surface area contributed by atoms with Crippen LogP contribution in [0.1, 0.15) is 18.4 Å². The average molecular weight is 402 g/mol. The molecular weight excluding hydrogens is 370 g/mol. The molecule has 2 atom stereocenters. The number of ether oxygens (including phenoxy) is 4. The van der Waals surface area contributed by atoms with Gasteiger partial charge >= 0.3 is 0 Å². The zero-order valence-electron chi connectivity index (χ0n) is 17.3. The molecule has 0 radical (unpaired) electrons. The van der Waals surface area contributed by atoms with E-state index in [4.69, 9.17) is 18.9 Å². The van der Waals surface area contributed by atoms with Gasteiger partial charge in [0.05, 0.1) is 20.3 Å². The van der Waals surface area contributed by atoms with Crippen LogP contribution in [0.25, 0.3) is 0 Å². The van der Waals surface area contributed by atoms with Gasteiger partial charge in [0.2, 0.25) is 0 Å². The Balaban J connectivity index is 1.56. The third-order valence-corrected chi connectivity index (χ3v) is 5.00. The highest BCUT2D eigenvalue weighted by molar-refractivity contribution is 5.31. The SMILES string of the molecule is COc1ccc(OC[C@H](O)CN(Cc2cccc(OC)c2)C[C@H]2CCCO2)cc1. The lowest BCUT2D eigenvalue weighted by Crippen LogP contribution is -2.39. The number of methoxy groups -OCH3 is 2. The summed E-state index contributed by atoms with van der Waals surface area (Å²) in [6.07, 6.45) is 1.77. The third kappa shape index (κ3) is 6.92. The van der Waals surface area contributed by atoms with Gasteiger partial charge in [-0.1, -0.05) is 12.1 Å². The minimum Gasteiger partial charge on any atom is -0.497 e. The van der Waals surface area contributed by atoms with Crippen molar-refractivity contribution in [2.45, 2.75) is 31.6 Å². The summed E-state index contributed by atoms with van der Waals surface area (Å²) in [5, 5.41) is 10.6. The molecular formula is C23H31NO5. The van der Waals surface area contributed by atoms with Gasteiger partial charge in [0, 0.05) is 26.2 Å². The summed E-state index contributed by atoms with van der Waals surface area (Å²) < 4.78 is 22.0. The van der Waals surface area contributed by atoms with E-state index in [1.165, 1.54) is 0 Å². The minimum absolute atomic E-state index is 0.218. The van der Waals surface area contributed by atoms with Gasteiger partial charge in [-0.2, -0.15) is 0 Å². The number of hydrogen-bond acceptors (Lipinski definition) is 6. The van der Waals surface area contributed by atoms with E-state index in [9.17, 15) is 5.11 Å². The third-order valence-electron chi connectivity index (χ3n) is 5.00. The van der Waals surface area contributed by atoms with Crippen LogP contribution in [0.3, 0.4) is 0 Å².